The van der Waals surface area contributed by atoms with Crippen LogP contribution in [0.25, 0.3) is 0 Å². The average molecular weight is 235 g/mol. The third kappa shape index (κ3) is 3.86. The normalized spacial score (nSPS) is 11.3. The van der Waals surface area contributed by atoms with Crippen molar-refractivity contribution >= 4 is 11.6 Å². The predicted molar refractivity (Wildman–Crippen MR) is 69.9 cm³/mol. The highest BCUT2D eigenvalue weighted by Crippen LogP contribution is 2.22. The number of carbonyl (C=O) groups is 1. The lowest BCUT2D eigenvalue weighted by Crippen LogP contribution is -2.29. The number of hydrogen-bond acceptors (Lipinski definition) is 2. The highest BCUT2D eigenvalue weighted by molar-refractivity contribution is 5.94. The minimum atomic E-state index is -0.343. The largest absolute Gasteiger partial charge is 0.396 e. The van der Waals surface area contributed by atoms with Crippen molar-refractivity contribution in [2.45, 2.75) is 33.6 Å². The van der Waals surface area contributed by atoms with Gasteiger partial charge in [-0.15, -0.1) is 0 Å². The Morgan fingerprint density at radius 3 is 2.35 bits per heavy atom. The van der Waals surface area contributed by atoms with Crippen LogP contribution in [-0.4, -0.2) is 17.6 Å². The lowest BCUT2D eigenvalue weighted by molar-refractivity contribution is -0.124. The van der Waals surface area contributed by atoms with E-state index < -0.39 is 0 Å². The molecule has 1 rings (SSSR count). The van der Waals surface area contributed by atoms with Gasteiger partial charge in [-0.05, 0) is 30.5 Å². The fraction of sp³-hybridized carbons (Fsp3) is 0.500. The molecule has 3 nitrogen and oxygen atoms in total. The molecule has 94 valence electrons. The Kier molecular flexibility index (Phi) is 4.70. The van der Waals surface area contributed by atoms with Gasteiger partial charge in [0.15, 0.2) is 0 Å². The number of amides is 1. The van der Waals surface area contributed by atoms with Crippen LogP contribution in [-0.2, 0) is 11.2 Å². The second-order valence-corrected chi connectivity index (χ2v) is 4.86. The van der Waals surface area contributed by atoms with E-state index in [0.29, 0.717) is 6.42 Å². The Morgan fingerprint density at radius 1 is 1.29 bits per heavy atom. The van der Waals surface area contributed by atoms with Gasteiger partial charge >= 0.3 is 0 Å². The molecule has 0 aromatic heterocycles. The van der Waals surface area contributed by atoms with Gasteiger partial charge in [-0.1, -0.05) is 32.9 Å². The first-order valence-electron chi connectivity index (χ1n) is 6.01. The van der Waals surface area contributed by atoms with E-state index in [0.717, 1.165) is 17.7 Å². The van der Waals surface area contributed by atoms with E-state index in [-0.39, 0.29) is 17.9 Å². The van der Waals surface area contributed by atoms with Gasteiger partial charge in [0.1, 0.15) is 0 Å². The van der Waals surface area contributed by atoms with Crippen LogP contribution in [0.3, 0.4) is 0 Å². The summed E-state index contributed by atoms with van der Waals surface area (Å²) in [6, 6.07) is 7.58. The van der Waals surface area contributed by atoms with Gasteiger partial charge < -0.3 is 10.4 Å². The van der Waals surface area contributed by atoms with E-state index in [1.807, 2.05) is 45.0 Å². The SMILES string of the molecule is CCC(C)(C)C(=O)Nc1ccc(CCO)cc1. The Hall–Kier alpha value is -1.35. The number of nitrogens with one attached hydrogen (secondary N) is 1. The Morgan fingerprint density at radius 2 is 1.88 bits per heavy atom. The van der Waals surface area contributed by atoms with Gasteiger partial charge in [0.25, 0.3) is 0 Å². The molecule has 0 fully saturated rings. The minimum absolute atomic E-state index is 0.0370. The summed E-state index contributed by atoms with van der Waals surface area (Å²) in [5.74, 6) is 0.0370. The lowest BCUT2D eigenvalue weighted by Gasteiger charge is -2.21. The van der Waals surface area contributed by atoms with Crippen LogP contribution in [0, 0.1) is 5.41 Å². The summed E-state index contributed by atoms with van der Waals surface area (Å²) >= 11 is 0. The third-order valence-corrected chi connectivity index (χ3v) is 3.11. The van der Waals surface area contributed by atoms with Gasteiger partial charge in [-0.3, -0.25) is 4.79 Å². The van der Waals surface area contributed by atoms with E-state index in [4.69, 9.17) is 5.11 Å². The maximum Gasteiger partial charge on any atom is 0.230 e. The van der Waals surface area contributed by atoms with Crippen LogP contribution in [0.15, 0.2) is 24.3 Å². The van der Waals surface area contributed by atoms with Crippen LogP contribution in [0.5, 0.6) is 0 Å². The zero-order chi connectivity index (χ0) is 12.9. The molecule has 0 aliphatic rings. The van der Waals surface area contributed by atoms with E-state index in [1.54, 1.807) is 0 Å². The van der Waals surface area contributed by atoms with Gasteiger partial charge in [-0.2, -0.15) is 0 Å². The Bertz CT molecular complexity index is 368. The molecule has 0 heterocycles. The second-order valence-electron chi connectivity index (χ2n) is 4.86. The van der Waals surface area contributed by atoms with Crippen molar-refractivity contribution in [3.63, 3.8) is 0 Å². The molecule has 0 aliphatic carbocycles. The molecule has 0 saturated heterocycles. The highest BCUT2D eigenvalue weighted by Gasteiger charge is 2.24. The number of aliphatic hydroxyl groups is 1. The van der Waals surface area contributed by atoms with Crippen molar-refractivity contribution in [1.29, 1.82) is 0 Å². The minimum Gasteiger partial charge on any atom is -0.396 e. The zero-order valence-corrected chi connectivity index (χ0v) is 10.8. The van der Waals surface area contributed by atoms with E-state index >= 15 is 0 Å². The number of benzene rings is 1. The molecule has 0 unspecified atom stereocenters. The number of anilines is 1. The second kappa shape index (κ2) is 5.82. The molecule has 0 spiro atoms. The maximum absolute atomic E-state index is 11.9. The smallest absolute Gasteiger partial charge is 0.230 e. The summed E-state index contributed by atoms with van der Waals surface area (Å²) in [7, 11) is 0. The van der Waals surface area contributed by atoms with Gasteiger partial charge in [0.2, 0.25) is 5.91 Å². The predicted octanol–water partition coefficient (Wildman–Crippen LogP) is 2.60. The summed E-state index contributed by atoms with van der Waals surface area (Å²) in [6.07, 6.45) is 1.45. The molecule has 17 heavy (non-hydrogen) atoms. The summed E-state index contributed by atoms with van der Waals surface area (Å²) in [4.78, 5) is 11.9. The average Bonchev–Trinajstić information content (AvgIpc) is 2.32. The first kappa shape index (κ1) is 13.7. The van der Waals surface area contributed by atoms with Gasteiger partial charge in [0.05, 0.1) is 0 Å². The van der Waals surface area contributed by atoms with Crippen molar-refractivity contribution < 1.29 is 9.90 Å². The summed E-state index contributed by atoms with van der Waals surface area (Å²) in [5, 5.41) is 11.7. The fourth-order valence-electron chi connectivity index (χ4n) is 1.34. The number of aliphatic hydroxyl groups excluding tert-OH is 1. The number of carbonyl (C=O) groups excluding carboxylic acids is 1. The number of hydrogen-bond donors (Lipinski definition) is 2. The van der Waals surface area contributed by atoms with Gasteiger partial charge in [0, 0.05) is 17.7 Å². The first-order valence-corrected chi connectivity index (χ1v) is 6.01. The van der Waals surface area contributed by atoms with E-state index in [1.165, 1.54) is 0 Å². The molecule has 0 radical (unpaired) electrons. The van der Waals surface area contributed by atoms with Crippen molar-refractivity contribution in [3.8, 4) is 0 Å². The molecule has 0 atom stereocenters. The summed E-state index contributed by atoms with van der Waals surface area (Å²) in [5.41, 5.74) is 1.53. The van der Waals surface area contributed by atoms with Crippen molar-refractivity contribution in [3.05, 3.63) is 29.8 Å². The molecule has 1 amide bonds. The Balaban J connectivity index is 2.66. The van der Waals surface area contributed by atoms with Crippen LogP contribution >= 0.6 is 0 Å². The Labute approximate surface area is 103 Å². The summed E-state index contributed by atoms with van der Waals surface area (Å²) in [6.45, 7) is 6.02. The van der Waals surface area contributed by atoms with Crippen LogP contribution in [0.4, 0.5) is 5.69 Å². The third-order valence-electron chi connectivity index (χ3n) is 3.11. The standard InChI is InChI=1S/C14H21NO2/c1-4-14(2,3)13(17)15-12-7-5-11(6-8-12)9-10-16/h5-8,16H,4,9-10H2,1-3H3,(H,15,17). The molecule has 0 aliphatic heterocycles. The van der Waals surface area contributed by atoms with Crippen molar-refractivity contribution in [2.24, 2.45) is 5.41 Å². The van der Waals surface area contributed by atoms with Crippen LogP contribution in [0.2, 0.25) is 0 Å². The molecule has 3 heteroatoms. The quantitative estimate of drug-likeness (QED) is 0.824. The van der Waals surface area contributed by atoms with Crippen molar-refractivity contribution in [2.75, 3.05) is 11.9 Å². The number of rotatable bonds is 5. The molecule has 1 aromatic rings. The lowest BCUT2D eigenvalue weighted by atomic mass is 9.89. The van der Waals surface area contributed by atoms with E-state index in [9.17, 15) is 4.79 Å². The van der Waals surface area contributed by atoms with Gasteiger partial charge in [-0.25, -0.2) is 0 Å². The van der Waals surface area contributed by atoms with Crippen LogP contribution < -0.4 is 5.32 Å². The van der Waals surface area contributed by atoms with Crippen LogP contribution in [0.1, 0.15) is 32.8 Å². The monoisotopic (exact) mass is 235 g/mol. The molecular formula is C14H21NO2. The molecule has 0 bridgehead atoms. The molecule has 2 N–H and O–H groups in total. The fourth-order valence-corrected chi connectivity index (χ4v) is 1.34. The maximum atomic E-state index is 11.9. The van der Waals surface area contributed by atoms with E-state index in [2.05, 4.69) is 5.32 Å². The zero-order valence-electron chi connectivity index (χ0n) is 10.8. The first-order chi connectivity index (χ1) is 7.99. The molecule has 1 aromatic carbocycles. The van der Waals surface area contributed by atoms with Crippen molar-refractivity contribution in [1.82, 2.24) is 0 Å². The molecule has 0 saturated carbocycles. The summed E-state index contributed by atoms with van der Waals surface area (Å²) < 4.78 is 0. The topological polar surface area (TPSA) is 49.3 Å². The highest BCUT2D eigenvalue weighted by atomic mass is 16.2. The molecular weight excluding hydrogens is 214 g/mol.